The standard InChI is InChI=1S/C40H41Cl2FN2O5/c1-44-22-31-17-29-19-36(40(46)47-2)45(21-25-4-3-5-32(43)16-25)23-30(29)20-37(31)50-38(24-44)26-6-9-33(10-7-26)49-39(27-12-14-48-15-13-27)28-8-11-34(41)35(42)18-28/h3-11,16-18,20,27,36,38-39H,12-15,19,21-24H2,1-2H3/t36-,38+,39+/m0/s1. The van der Waals surface area contributed by atoms with Crippen LogP contribution >= 0.6 is 23.2 Å². The summed E-state index contributed by atoms with van der Waals surface area (Å²) in [5.41, 5.74) is 6.12. The fourth-order valence-electron chi connectivity index (χ4n) is 7.41. The molecule has 7 rings (SSSR count). The average Bonchev–Trinajstić information content (AvgIpc) is 3.28. The number of ether oxygens (including phenoxy) is 4. The van der Waals surface area contributed by atoms with E-state index in [-0.39, 0.29) is 29.9 Å². The van der Waals surface area contributed by atoms with E-state index < -0.39 is 6.04 Å². The van der Waals surface area contributed by atoms with E-state index in [1.165, 1.54) is 19.2 Å². The molecule has 0 aromatic heterocycles. The zero-order valence-electron chi connectivity index (χ0n) is 28.2. The lowest BCUT2D eigenvalue weighted by atomic mass is 9.89. The number of halogens is 3. The molecule has 0 aliphatic carbocycles. The zero-order valence-corrected chi connectivity index (χ0v) is 29.8. The van der Waals surface area contributed by atoms with Gasteiger partial charge in [0.25, 0.3) is 0 Å². The first-order valence-corrected chi connectivity index (χ1v) is 17.8. The summed E-state index contributed by atoms with van der Waals surface area (Å²) in [4.78, 5) is 17.2. The van der Waals surface area contributed by atoms with Crippen molar-refractivity contribution in [1.29, 1.82) is 0 Å². The summed E-state index contributed by atoms with van der Waals surface area (Å²) in [5, 5.41) is 1.03. The molecule has 3 heterocycles. The maximum atomic E-state index is 14.0. The van der Waals surface area contributed by atoms with Crippen LogP contribution in [-0.4, -0.2) is 55.7 Å². The Labute approximate surface area is 302 Å². The van der Waals surface area contributed by atoms with Gasteiger partial charge in [-0.15, -0.1) is 0 Å². The second-order valence-corrected chi connectivity index (χ2v) is 14.4. The van der Waals surface area contributed by atoms with Crippen LogP contribution in [0, 0.1) is 11.7 Å². The Morgan fingerprint density at radius 1 is 0.940 bits per heavy atom. The Morgan fingerprint density at radius 3 is 2.48 bits per heavy atom. The Morgan fingerprint density at radius 2 is 1.74 bits per heavy atom. The number of esters is 1. The number of methoxy groups -OCH3 is 1. The topological polar surface area (TPSA) is 60.5 Å². The molecular formula is C40H41Cl2FN2O5. The first-order chi connectivity index (χ1) is 24.2. The number of hydrogen-bond donors (Lipinski definition) is 0. The summed E-state index contributed by atoms with van der Waals surface area (Å²) in [5.74, 6) is 1.30. The fraction of sp³-hybridized carbons (Fsp3) is 0.375. The summed E-state index contributed by atoms with van der Waals surface area (Å²) in [6, 6.07) is 24.2. The van der Waals surface area contributed by atoms with E-state index in [0.717, 1.165) is 57.7 Å². The van der Waals surface area contributed by atoms with E-state index in [9.17, 15) is 9.18 Å². The van der Waals surface area contributed by atoms with Crippen LogP contribution in [0.5, 0.6) is 11.5 Å². The summed E-state index contributed by atoms with van der Waals surface area (Å²) < 4.78 is 38.3. The highest BCUT2D eigenvalue weighted by Crippen LogP contribution is 2.39. The normalized spacial score (nSPS) is 20.6. The maximum Gasteiger partial charge on any atom is 0.323 e. The van der Waals surface area contributed by atoms with E-state index in [2.05, 4.69) is 41.1 Å². The molecule has 0 unspecified atom stereocenters. The summed E-state index contributed by atoms with van der Waals surface area (Å²) in [6.45, 7) is 3.77. The third-order valence-electron chi connectivity index (χ3n) is 10.0. The summed E-state index contributed by atoms with van der Waals surface area (Å²) >= 11 is 12.6. The lowest BCUT2D eigenvalue weighted by Crippen LogP contribution is -2.45. The van der Waals surface area contributed by atoms with E-state index in [4.69, 9.17) is 42.1 Å². The maximum absolute atomic E-state index is 14.0. The van der Waals surface area contributed by atoms with Crippen molar-refractivity contribution < 1.29 is 28.1 Å². The van der Waals surface area contributed by atoms with Crippen LogP contribution < -0.4 is 9.47 Å². The molecule has 262 valence electrons. The largest absolute Gasteiger partial charge is 0.485 e. The van der Waals surface area contributed by atoms with Gasteiger partial charge in [0.1, 0.15) is 35.6 Å². The van der Waals surface area contributed by atoms with Gasteiger partial charge >= 0.3 is 5.97 Å². The molecule has 50 heavy (non-hydrogen) atoms. The van der Waals surface area contributed by atoms with Crippen LogP contribution in [0.2, 0.25) is 10.0 Å². The number of carbonyl (C=O) groups is 1. The van der Waals surface area contributed by atoms with Gasteiger partial charge in [-0.05, 0) is 96.6 Å². The fourth-order valence-corrected chi connectivity index (χ4v) is 7.72. The third kappa shape index (κ3) is 7.80. The van der Waals surface area contributed by atoms with Crippen molar-refractivity contribution in [2.75, 3.05) is 33.9 Å². The van der Waals surface area contributed by atoms with Crippen LogP contribution in [0.1, 0.15) is 58.4 Å². The molecule has 0 bridgehead atoms. The summed E-state index contributed by atoms with van der Waals surface area (Å²) in [6.07, 6.45) is 1.93. The Balaban J connectivity index is 1.11. The van der Waals surface area contributed by atoms with Gasteiger partial charge < -0.3 is 18.9 Å². The SMILES string of the molecule is COC(=O)[C@@H]1Cc2cc3c(cc2CN1Cc1cccc(F)c1)O[C@@H](c1ccc(O[C@@H](c2ccc(Cl)c(Cl)c2)C2CCOCC2)cc1)CN(C)C3. The first kappa shape index (κ1) is 34.8. The molecule has 7 nitrogen and oxygen atoms in total. The Kier molecular flexibility index (Phi) is 10.6. The number of rotatable bonds is 8. The number of hydrogen-bond acceptors (Lipinski definition) is 7. The van der Waals surface area contributed by atoms with Gasteiger partial charge in [0.15, 0.2) is 0 Å². The van der Waals surface area contributed by atoms with Gasteiger partial charge in [-0.25, -0.2) is 4.39 Å². The van der Waals surface area contributed by atoms with Crippen molar-refractivity contribution in [1.82, 2.24) is 9.80 Å². The van der Waals surface area contributed by atoms with Crippen LogP contribution in [0.4, 0.5) is 4.39 Å². The smallest absolute Gasteiger partial charge is 0.323 e. The van der Waals surface area contributed by atoms with Crippen molar-refractivity contribution in [3.05, 3.63) is 128 Å². The lowest BCUT2D eigenvalue weighted by molar-refractivity contribution is -0.148. The van der Waals surface area contributed by atoms with Crippen molar-refractivity contribution in [2.24, 2.45) is 5.92 Å². The second kappa shape index (κ2) is 15.3. The number of fused-ring (bicyclic) bond motifs is 2. The highest BCUT2D eigenvalue weighted by Gasteiger charge is 2.34. The number of carbonyl (C=O) groups excluding carboxylic acids is 1. The van der Waals surface area contributed by atoms with Gasteiger partial charge in [0.05, 0.1) is 17.2 Å². The molecule has 4 aromatic rings. The minimum atomic E-state index is -0.463. The monoisotopic (exact) mass is 718 g/mol. The summed E-state index contributed by atoms with van der Waals surface area (Å²) in [7, 11) is 3.51. The predicted octanol–water partition coefficient (Wildman–Crippen LogP) is 8.34. The van der Waals surface area contributed by atoms with Gasteiger partial charge in [-0.1, -0.05) is 59.6 Å². The van der Waals surface area contributed by atoms with Gasteiger partial charge in [0, 0.05) is 50.9 Å². The van der Waals surface area contributed by atoms with Crippen molar-refractivity contribution >= 4 is 29.2 Å². The minimum absolute atomic E-state index is 0.183. The molecule has 0 amide bonds. The van der Waals surface area contributed by atoms with Crippen molar-refractivity contribution in [3.63, 3.8) is 0 Å². The predicted molar refractivity (Wildman–Crippen MR) is 191 cm³/mol. The molecule has 0 spiro atoms. The molecule has 4 aromatic carbocycles. The van der Waals surface area contributed by atoms with Gasteiger partial charge in [-0.3, -0.25) is 14.6 Å². The average molecular weight is 720 g/mol. The molecule has 10 heteroatoms. The van der Waals surface area contributed by atoms with E-state index in [1.54, 1.807) is 6.07 Å². The molecule has 0 radical (unpaired) electrons. The Hall–Kier alpha value is -3.66. The van der Waals surface area contributed by atoms with E-state index in [0.29, 0.717) is 55.9 Å². The molecule has 0 saturated carbocycles. The number of likely N-dealkylation sites (N-methyl/N-ethyl adjacent to an activating group) is 1. The highest BCUT2D eigenvalue weighted by molar-refractivity contribution is 6.42. The zero-order chi connectivity index (χ0) is 34.8. The first-order valence-electron chi connectivity index (χ1n) is 17.1. The van der Waals surface area contributed by atoms with Crippen LogP contribution in [-0.2, 0) is 40.3 Å². The minimum Gasteiger partial charge on any atom is -0.485 e. The number of benzene rings is 4. The van der Waals surface area contributed by atoms with Gasteiger partial charge in [-0.2, -0.15) is 0 Å². The third-order valence-corrected chi connectivity index (χ3v) is 10.8. The van der Waals surface area contributed by atoms with Crippen LogP contribution in [0.3, 0.4) is 0 Å². The number of nitrogens with zero attached hydrogens (tertiary/aromatic N) is 2. The molecular weight excluding hydrogens is 678 g/mol. The molecule has 3 aliphatic rings. The van der Waals surface area contributed by atoms with Gasteiger partial charge in [0.2, 0.25) is 0 Å². The van der Waals surface area contributed by atoms with Crippen LogP contribution in [0.15, 0.2) is 78.9 Å². The lowest BCUT2D eigenvalue weighted by Gasteiger charge is -2.35. The van der Waals surface area contributed by atoms with Crippen molar-refractivity contribution in [2.45, 2.75) is 57.1 Å². The van der Waals surface area contributed by atoms with E-state index >= 15 is 0 Å². The van der Waals surface area contributed by atoms with Crippen LogP contribution in [0.25, 0.3) is 0 Å². The quantitative estimate of drug-likeness (QED) is 0.170. The second-order valence-electron chi connectivity index (χ2n) is 13.5. The molecule has 3 aliphatic heterocycles. The molecule has 3 atom stereocenters. The van der Waals surface area contributed by atoms with E-state index in [1.807, 2.05) is 36.4 Å². The highest BCUT2D eigenvalue weighted by atomic mass is 35.5. The Bertz CT molecular complexity index is 1830. The van der Waals surface area contributed by atoms with Crippen molar-refractivity contribution in [3.8, 4) is 11.5 Å². The molecule has 1 saturated heterocycles. The molecule has 1 fully saturated rings. The molecule has 0 N–H and O–H groups in total.